The van der Waals surface area contributed by atoms with Gasteiger partial charge in [-0.2, -0.15) is 0 Å². The van der Waals surface area contributed by atoms with E-state index in [9.17, 15) is 10.1 Å². The highest BCUT2D eigenvalue weighted by Crippen LogP contribution is 2.36. The van der Waals surface area contributed by atoms with Crippen LogP contribution in [0.25, 0.3) is 0 Å². The number of benzene rings is 2. The van der Waals surface area contributed by atoms with Gasteiger partial charge in [-0.25, -0.2) is 0 Å². The highest BCUT2D eigenvalue weighted by atomic mass is 79.9. The number of anilines is 2. The first-order valence-electron chi connectivity index (χ1n) is 5.45. The minimum Gasteiger partial charge on any atom is -0.349 e. The van der Waals surface area contributed by atoms with Gasteiger partial charge in [-0.15, -0.1) is 0 Å². The molecule has 0 amide bonds. The topological polar surface area (TPSA) is 55.2 Å². The molecule has 1 N–H and O–H groups in total. The van der Waals surface area contributed by atoms with Crippen molar-refractivity contribution in [3.8, 4) is 0 Å². The second-order valence-electron chi connectivity index (χ2n) is 4.00. The van der Waals surface area contributed by atoms with Crippen LogP contribution in [0.3, 0.4) is 0 Å². The zero-order valence-electron chi connectivity index (χ0n) is 9.98. The van der Waals surface area contributed by atoms with E-state index in [2.05, 4.69) is 21.2 Å². The molecule has 0 atom stereocenters. The van der Waals surface area contributed by atoms with E-state index in [1.807, 2.05) is 25.1 Å². The number of rotatable bonds is 3. The van der Waals surface area contributed by atoms with E-state index in [0.717, 1.165) is 15.7 Å². The van der Waals surface area contributed by atoms with Gasteiger partial charge in [0.15, 0.2) is 0 Å². The van der Waals surface area contributed by atoms with E-state index in [0.29, 0.717) is 5.69 Å². The Balaban J connectivity index is 2.44. The third-order valence-electron chi connectivity index (χ3n) is 2.56. The first kappa shape index (κ1) is 13.8. The Hall–Kier alpha value is -1.59. The van der Waals surface area contributed by atoms with Gasteiger partial charge in [0.25, 0.3) is 0 Å². The predicted octanol–water partition coefficient (Wildman–Crippen LogP) is 5.06. The van der Waals surface area contributed by atoms with Crippen LogP contribution >= 0.6 is 27.5 Å². The molecule has 0 aliphatic heterocycles. The Bertz CT molecular complexity index is 647. The molecule has 0 spiro atoms. The number of nitrogens with one attached hydrogen (secondary N) is 1. The maximum atomic E-state index is 11.0. The third kappa shape index (κ3) is 3.05. The molecule has 0 aromatic heterocycles. The number of hydrogen-bond donors (Lipinski definition) is 1. The molecule has 0 unspecified atom stereocenters. The van der Waals surface area contributed by atoms with E-state index >= 15 is 0 Å². The molecule has 2 aromatic rings. The summed E-state index contributed by atoms with van der Waals surface area (Å²) < 4.78 is 0.835. The van der Waals surface area contributed by atoms with Gasteiger partial charge in [0.2, 0.25) is 0 Å². The van der Waals surface area contributed by atoms with Crippen LogP contribution in [0.15, 0.2) is 40.9 Å². The third-order valence-corrected chi connectivity index (χ3v) is 3.52. The van der Waals surface area contributed by atoms with Crippen LogP contribution in [-0.2, 0) is 0 Å². The van der Waals surface area contributed by atoms with Gasteiger partial charge >= 0.3 is 5.69 Å². The van der Waals surface area contributed by atoms with Gasteiger partial charge in [-0.1, -0.05) is 23.7 Å². The average molecular weight is 342 g/mol. The molecule has 0 heterocycles. The van der Waals surface area contributed by atoms with Gasteiger partial charge in [-0.05, 0) is 52.7 Å². The fraction of sp³-hybridized carbons (Fsp3) is 0.0769. The second-order valence-corrected chi connectivity index (χ2v) is 5.26. The van der Waals surface area contributed by atoms with Crippen LogP contribution in [0, 0.1) is 17.0 Å². The van der Waals surface area contributed by atoms with Crippen molar-refractivity contribution in [2.75, 3.05) is 5.32 Å². The van der Waals surface area contributed by atoms with E-state index < -0.39 is 4.92 Å². The van der Waals surface area contributed by atoms with Crippen molar-refractivity contribution in [2.45, 2.75) is 6.92 Å². The number of nitro groups is 1. The van der Waals surface area contributed by atoms with Gasteiger partial charge in [-0.3, -0.25) is 10.1 Å². The molecule has 2 rings (SSSR count). The Kier molecular flexibility index (Phi) is 4.07. The molecule has 19 heavy (non-hydrogen) atoms. The maximum Gasteiger partial charge on any atom is 0.311 e. The SMILES string of the molecule is Cc1ccc(Nc2cccc(Cl)c2[N+](=O)[O-])c(Br)c1. The Morgan fingerprint density at radius 3 is 2.63 bits per heavy atom. The van der Waals surface area contributed by atoms with Crippen molar-refractivity contribution in [1.29, 1.82) is 0 Å². The minimum atomic E-state index is -0.493. The van der Waals surface area contributed by atoms with Crippen LogP contribution in [-0.4, -0.2) is 4.92 Å². The summed E-state index contributed by atoms with van der Waals surface area (Å²) in [6.45, 7) is 1.97. The molecule has 98 valence electrons. The second kappa shape index (κ2) is 5.59. The van der Waals surface area contributed by atoms with Gasteiger partial charge in [0.05, 0.1) is 10.6 Å². The molecule has 0 saturated carbocycles. The molecule has 2 aromatic carbocycles. The summed E-state index contributed by atoms with van der Waals surface area (Å²) in [5.41, 5.74) is 2.08. The largest absolute Gasteiger partial charge is 0.349 e. The normalized spacial score (nSPS) is 10.3. The van der Waals surface area contributed by atoms with Crippen molar-refractivity contribution >= 4 is 44.6 Å². The van der Waals surface area contributed by atoms with Crippen LogP contribution in [0.2, 0.25) is 5.02 Å². The lowest BCUT2D eigenvalue weighted by Crippen LogP contribution is -1.98. The molecule has 0 saturated heterocycles. The minimum absolute atomic E-state index is 0.109. The molecule has 0 bridgehead atoms. The molecule has 0 radical (unpaired) electrons. The molecule has 0 fully saturated rings. The summed E-state index contributed by atoms with van der Waals surface area (Å²) in [4.78, 5) is 10.5. The Labute approximate surface area is 123 Å². The molecular weight excluding hydrogens is 332 g/mol. The smallest absolute Gasteiger partial charge is 0.311 e. The lowest BCUT2D eigenvalue weighted by Gasteiger charge is -2.10. The summed E-state index contributed by atoms with van der Waals surface area (Å²) in [6, 6.07) is 10.5. The number of nitrogens with zero attached hydrogens (tertiary/aromatic N) is 1. The first-order valence-corrected chi connectivity index (χ1v) is 6.62. The van der Waals surface area contributed by atoms with Crippen LogP contribution in [0.5, 0.6) is 0 Å². The Morgan fingerprint density at radius 2 is 2.00 bits per heavy atom. The maximum absolute atomic E-state index is 11.0. The summed E-state index contributed by atoms with van der Waals surface area (Å²) in [6.07, 6.45) is 0. The van der Waals surface area contributed by atoms with Crippen molar-refractivity contribution in [1.82, 2.24) is 0 Å². The van der Waals surface area contributed by atoms with Crippen molar-refractivity contribution < 1.29 is 4.92 Å². The van der Waals surface area contributed by atoms with Crippen LogP contribution < -0.4 is 5.32 Å². The zero-order chi connectivity index (χ0) is 14.0. The number of para-hydroxylation sites is 1. The number of hydrogen-bond acceptors (Lipinski definition) is 3. The van der Waals surface area contributed by atoms with Gasteiger partial charge in [0.1, 0.15) is 10.7 Å². The molecule has 4 nitrogen and oxygen atoms in total. The van der Waals surface area contributed by atoms with E-state index in [1.54, 1.807) is 12.1 Å². The van der Waals surface area contributed by atoms with Crippen LogP contribution in [0.4, 0.5) is 17.1 Å². The number of aryl methyl sites for hydroxylation is 1. The Morgan fingerprint density at radius 1 is 1.26 bits per heavy atom. The van der Waals surface area contributed by atoms with Gasteiger partial charge < -0.3 is 5.32 Å². The zero-order valence-corrected chi connectivity index (χ0v) is 12.3. The summed E-state index contributed by atoms with van der Waals surface area (Å²) in [7, 11) is 0. The van der Waals surface area contributed by atoms with E-state index in [-0.39, 0.29) is 10.7 Å². The van der Waals surface area contributed by atoms with Crippen molar-refractivity contribution in [3.63, 3.8) is 0 Å². The standard InChI is InChI=1S/C13H10BrClN2O2/c1-8-5-6-11(9(14)7-8)16-12-4-2-3-10(15)13(12)17(18)19/h2-7,16H,1H3. The first-order chi connectivity index (χ1) is 8.99. The number of nitro benzene ring substituents is 1. The van der Waals surface area contributed by atoms with Crippen LogP contribution in [0.1, 0.15) is 5.56 Å². The molecule has 0 aliphatic rings. The highest BCUT2D eigenvalue weighted by Gasteiger charge is 2.18. The molecule has 0 aliphatic carbocycles. The van der Waals surface area contributed by atoms with E-state index in [4.69, 9.17) is 11.6 Å². The van der Waals surface area contributed by atoms with Crippen molar-refractivity contribution in [3.05, 3.63) is 61.6 Å². The lowest BCUT2D eigenvalue weighted by atomic mass is 10.2. The molecular formula is C13H10BrClN2O2. The van der Waals surface area contributed by atoms with Gasteiger partial charge in [0, 0.05) is 4.47 Å². The summed E-state index contributed by atoms with van der Waals surface area (Å²) >= 11 is 9.28. The highest BCUT2D eigenvalue weighted by molar-refractivity contribution is 9.10. The fourth-order valence-electron chi connectivity index (χ4n) is 1.67. The average Bonchev–Trinajstić information content (AvgIpc) is 2.32. The summed E-state index contributed by atoms with van der Waals surface area (Å²) in [5.74, 6) is 0. The monoisotopic (exact) mass is 340 g/mol. The van der Waals surface area contributed by atoms with E-state index in [1.165, 1.54) is 6.07 Å². The predicted molar refractivity (Wildman–Crippen MR) is 80.3 cm³/mol. The van der Waals surface area contributed by atoms with Crippen molar-refractivity contribution in [2.24, 2.45) is 0 Å². The lowest BCUT2D eigenvalue weighted by molar-refractivity contribution is -0.383. The fourth-order valence-corrected chi connectivity index (χ4v) is 2.50. The summed E-state index contributed by atoms with van der Waals surface area (Å²) in [5, 5.41) is 14.2. The molecule has 6 heteroatoms. The number of halogens is 2. The quantitative estimate of drug-likeness (QED) is 0.627.